The lowest BCUT2D eigenvalue weighted by Gasteiger charge is -2.11. The van der Waals surface area contributed by atoms with Crippen molar-refractivity contribution in [2.75, 3.05) is 13.7 Å². The zero-order chi connectivity index (χ0) is 10.6. The van der Waals surface area contributed by atoms with Crippen LogP contribution in [0.3, 0.4) is 0 Å². The van der Waals surface area contributed by atoms with Crippen LogP contribution in [-0.4, -0.2) is 13.7 Å². The zero-order valence-corrected chi connectivity index (χ0v) is 10.5. The topological polar surface area (TPSA) is 18.5 Å². The first kappa shape index (κ1) is 11.7. The molecule has 0 spiro atoms. The molecule has 0 aromatic heterocycles. The number of ether oxygens (including phenoxy) is 2. The predicted molar refractivity (Wildman–Crippen MR) is 61.5 cm³/mol. The van der Waals surface area contributed by atoms with E-state index in [1.165, 1.54) is 0 Å². The first-order chi connectivity index (χ1) is 6.69. The van der Waals surface area contributed by atoms with Gasteiger partial charge in [0.2, 0.25) is 0 Å². The highest BCUT2D eigenvalue weighted by Gasteiger charge is 2.10. The number of hydrogen-bond acceptors (Lipinski definition) is 2. The van der Waals surface area contributed by atoms with Gasteiger partial charge in [0.05, 0.1) is 18.7 Å². The van der Waals surface area contributed by atoms with Gasteiger partial charge < -0.3 is 9.47 Å². The summed E-state index contributed by atoms with van der Waals surface area (Å²) in [5, 5.41) is 0.549. The smallest absolute Gasteiger partial charge is 0.179 e. The van der Waals surface area contributed by atoms with Crippen LogP contribution in [0.15, 0.2) is 16.6 Å². The van der Waals surface area contributed by atoms with Gasteiger partial charge in [-0.2, -0.15) is 0 Å². The van der Waals surface area contributed by atoms with E-state index in [0.29, 0.717) is 23.1 Å². The van der Waals surface area contributed by atoms with Crippen LogP contribution in [0.1, 0.15) is 13.3 Å². The van der Waals surface area contributed by atoms with E-state index in [0.717, 1.165) is 10.9 Å². The molecule has 0 radical (unpaired) electrons. The van der Waals surface area contributed by atoms with E-state index in [-0.39, 0.29) is 0 Å². The maximum absolute atomic E-state index is 5.98. The van der Waals surface area contributed by atoms with Crippen molar-refractivity contribution in [3.8, 4) is 11.5 Å². The van der Waals surface area contributed by atoms with Crippen molar-refractivity contribution in [3.05, 3.63) is 21.6 Å². The molecule has 0 aliphatic carbocycles. The van der Waals surface area contributed by atoms with E-state index in [4.69, 9.17) is 21.1 Å². The molecular weight excluding hydrogens is 267 g/mol. The molecule has 1 rings (SSSR count). The van der Waals surface area contributed by atoms with Gasteiger partial charge in [0, 0.05) is 4.47 Å². The molecule has 0 aliphatic heterocycles. The van der Waals surface area contributed by atoms with Gasteiger partial charge in [-0.05, 0) is 18.6 Å². The van der Waals surface area contributed by atoms with Crippen LogP contribution in [-0.2, 0) is 0 Å². The fourth-order valence-electron chi connectivity index (χ4n) is 1.05. The van der Waals surface area contributed by atoms with E-state index in [1.54, 1.807) is 13.2 Å². The minimum Gasteiger partial charge on any atom is -0.491 e. The second kappa shape index (κ2) is 5.47. The first-order valence-corrected chi connectivity index (χ1v) is 5.52. The molecule has 0 atom stereocenters. The van der Waals surface area contributed by atoms with Gasteiger partial charge in [-0.25, -0.2) is 0 Å². The molecule has 0 heterocycles. The average Bonchev–Trinajstić information content (AvgIpc) is 2.14. The second-order valence-corrected chi connectivity index (χ2v) is 4.09. The molecule has 1 aromatic rings. The molecule has 0 bridgehead atoms. The maximum Gasteiger partial charge on any atom is 0.179 e. The highest BCUT2D eigenvalue weighted by molar-refractivity contribution is 9.10. The molecule has 0 aliphatic rings. The van der Waals surface area contributed by atoms with Gasteiger partial charge in [-0.1, -0.05) is 34.5 Å². The summed E-state index contributed by atoms with van der Waals surface area (Å²) in [6.07, 6.45) is 0.952. The molecule has 0 amide bonds. The summed E-state index contributed by atoms with van der Waals surface area (Å²) >= 11 is 9.33. The highest BCUT2D eigenvalue weighted by Crippen LogP contribution is 2.37. The summed E-state index contributed by atoms with van der Waals surface area (Å²) in [6.45, 7) is 2.70. The zero-order valence-electron chi connectivity index (χ0n) is 8.14. The Labute approximate surface area is 97.3 Å². The van der Waals surface area contributed by atoms with E-state index in [2.05, 4.69) is 15.9 Å². The van der Waals surface area contributed by atoms with Crippen LogP contribution in [0.25, 0.3) is 0 Å². The minimum atomic E-state index is 0.549. The van der Waals surface area contributed by atoms with Crippen LogP contribution in [0.4, 0.5) is 0 Å². The monoisotopic (exact) mass is 278 g/mol. The molecular formula is C10H12BrClO2. The normalized spacial score (nSPS) is 10.0. The molecule has 0 unspecified atom stereocenters. The van der Waals surface area contributed by atoms with Crippen LogP contribution in [0.5, 0.6) is 11.5 Å². The van der Waals surface area contributed by atoms with E-state index in [1.807, 2.05) is 13.0 Å². The fourth-order valence-corrected chi connectivity index (χ4v) is 1.91. The van der Waals surface area contributed by atoms with Crippen molar-refractivity contribution in [1.29, 1.82) is 0 Å². The number of halogens is 2. The third-order valence-corrected chi connectivity index (χ3v) is 2.38. The van der Waals surface area contributed by atoms with Crippen molar-refractivity contribution in [2.45, 2.75) is 13.3 Å². The van der Waals surface area contributed by atoms with Crippen molar-refractivity contribution >= 4 is 27.5 Å². The lowest BCUT2D eigenvalue weighted by molar-refractivity contribution is 0.294. The maximum atomic E-state index is 5.98. The Kier molecular flexibility index (Phi) is 4.55. The lowest BCUT2D eigenvalue weighted by Crippen LogP contribution is -1.98. The first-order valence-electron chi connectivity index (χ1n) is 4.34. The summed E-state index contributed by atoms with van der Waals surface area (Å²) in [5.41, 5.74) is 0. The molecule has 1 aromatic carbocycles. The van der Waals surface area contributed by atoms with Crippen molar-refractivity contribution in [1.82, 2.24) is 0 Å². The number of benzene rings is 1. The third-order valence-electron chi connectivity index (χ3n) is 1.64. The van der Waals surface area contributed by atoms with E-state index >= 15 is 0 Å². The van der Waals surface area contributed by atoms with Gasteiger partial charge in [0.15, 0.2) is 11.5 Å². The Hall–Kier alpha value is -0.410. The van der Waals surface area contributed by atoms with E-state index in [9.17, 15) is 0 Å². The number of methoxy groups -OCH3 is 1. The van der Waals surface area contributed by atoms with Crippen LogP contribution in [0, 0.1) is 0 Å². The summed E-state index contributed by atoms with van der Waals surface area (Å²) < 4.78 is 11.5. The molecule has 0 N–H and O–H groups in total. The fraction of sp³-hybridized carbons (Fsp3) is 0.400. The molecule has 0 saturated carbocycles. The minimum absolute atomic E-state index is 0.549. The standard InChI is InChI=1S/C10H12BrClO2/c1-3-4-14-9-6-7(11)5-8(12)10(9)13-2/h5-6H,3-4H2,1-2H3. The van der Waals surface area contributed by atoms with Gasteiger partial charge in [-0.3, -0.25) is 0 Å². The Morgan fingerprint density at radius 3 is 2.71 bits per heavy atom. The van der Waals surface area contributed by atoms with Gasteiger partial charge in [0.25, 0.3) is 0 Å². The van der Waals surface area contributed by atoms with Crippen molar-refractivity contribution in [2.24, 2.45) is 0 Å². The molecule has 2 nitrogen and oxygen atoms in total. The summed E-state index contributed by atoms with van der Waals surface area (Å²) in [6, 6.07) is 3.62. The van der Waals surface area contributed by atoms with Gasteiger partial charge in [0.1, 0.15) is 0 Å². The molecule has 4 heteroatoms. The highest BCUT2D eigenvalue weighted by atomic mass is 79.9. The average molecular weight is 280 g/mol. The summed E-state index contributed by atoms with van der Waals surface area (Å²) in [7, 11) is 1.58. The Balaban J connectivity index is 2.99. The van der Waals surface area contributed by atoms with Gasteiger partial charge >= 0.3 is 0 Å². The quantitative estimate of drug-likeness (QED) is 0.832. The van der Waals surface area contributed by atoms with Crippen LogP contribution in [0.2, 0.25) is 5.02 Å². The third kappa shape index (κ3) is 2.79. The Morgan fingerprint density at radius 2 is 2.14 bits per heavy atom. The van der Waals surface area contributed by atoms with Crippen LogP contribution < -0.4 is 9.47 Å². The molecule has 0 saturated heterocycles. The largest absolute Gasteiger partial charge is 0.491 e. The van der Waals surface area contributed by atoms with Crippen LogP contribution >= 0.6 is 27.5 Å². The van der Waals surface area contributed by atoms with E-state index < -0.39 is 0 Å². The summed E-state index contributed by atoms with van der Waals surface area (Å²) in [5.74, 6) is 1.26. The SMILES string of the molecule is CCCOc1cc(Br)cc(Cl)c1OC. The molecule has 78 valence electrons. The molecule has 0 fully saturated rings. The number of hydrogen-bond donors (Lipinski definition) is 0. The van der Waals surface area contributed by atoms with Crippen molar-refractivity contribution in [3.63, 3.8) is 0 Å². The second-order valence-electron chi connectivity index (χ2n) is 2.77. The van der Waals surface area contributed by atoms with Gasteiger partial charge in [-0.15, -0.1) is 0 Å². The summed E-state index contributed by atoms with van der Waals surface area (Å²) in [4.78, 5) is 0. The predicted octanol–water partition coefficient (Wildman–Crippen LogP) is 3.90. The Morgan fingerprint density at radius 1 is 1.43 bits per heavy atom. The number of rotatable bonds is 4. The van der Waals surface area contributed by atoms with Crippen molar-refractivity contribution < 1.29 is 9.47 Å². The lowest BCUT2D eigenvalue weighted by atomic mass is 10.3. The molecule has 14 heavy (non-hydrogen) atoms. The Bertz CT molecular complexity index is 315.